The van der Waals surface area contributed by atoms with Crippen molar-refractivity contribution in [1.82, 2.24) is 0 Å². The van der Waals surface area contributed by atoms with Gasteiger partial charge in [0.05, 0.1) is 5.92 Å². The Labute approximate surface area is 180 Å². The van der Waals surface area contributed by atoms with Crippen molar-refractivity contribution >= 4 is 12.0 Å². The predicted molar refractivity (Wildman–Crippen MR) is 116 cm³/mol. The second-order valence-corrected chi connectivity index (χ2v) is 7.50. The molecule has 0 aliphatic rings. The van der Waals surface area contributed by atoms with E-state index < -0.39 is 17.7 Å². The molecule has 3 aromatic carbocycles. The zero-order valence-electron chi connectivity index (χ0n) is 17.4. The maximum absolute atomic E-state index is 14.0. The molecule has 3 nitrogen and oxygen atoms in total. The maximum atomic E-state index is 14.0. The van der Waals surface area contributed by atoms with Crippen molar-refractivity contribution in [1.29, 1.82) is 0 Å². The highest BCUT2D eigenvalue weighted by atomic mass is 19.1. The molecule has 160 valence electrons. The predicted octanol–water partition coefficient (Wildman–Crippen LogP) is 6.79. The Kier molecular flexibility index (Phi) is 7.55. The first-order valence-electron chi connectivity index (χ1n) is 10.0. The molecule has 0 aliphatic heterocycles. The van der Waals surface area contributed by atoms with E-state index in [2.05, 4.69) is 0 Å². The van der Waals surface area contributed by atoms with Crippen molar-refractivity contribution < 1.29 is 23.0 Å². The topological polar surface area (TPSA) is 35.5 Å². The fraction of sp³-hybridized carbons (Fsp3) is 0.192. The van der Waals surface area contributed by atoms with Crippen molar-refractivity contribution in [2.75, 3.05) is 0 Å². The molecule has 31 heavy (non-hydrogen) atoms. The summed E-state index contributed by atoms with van der Waals surface area (Å²) in [6.07, 6.45) is 3.51. The van der Waals surface area contributed by atoms with E-state index in [0.29, 0.717) is 17.1 Å². The lowest BCUT2D eigenvalue weighted by Gasteiger charge is -2.16. The van der Waals surface area contributed by atoms with Gasteiger partial charge in [-0.05, 0) is 53.4 Å². The van der Waals surface area contributed by atoms with Crippen LogP contribution in [-0.4, -0.2) is 5.97 Å². The summed E-state index contributed by atoms with van der Waals surface area (Å²) in [5.41, 5.74) is 1.27. The molecular formula is C26H24F2O3. The maximum Gasteiger partial charge on any atom is 0.313 e. The molecule has 0 amide bonds. The number of para-hydroxylation sites is 1. The lowest BCUT2D eigenvalue weighted by molar-refractivity contribution is -0.149. The summed E-state index contributed by atoms with van der Waals surface area (Å²) in [4.78, 5) is 12.6. The summed E-state index contributed by atoms with van der Waals surface area (Å²) in [6.45, 7) is 3.75. The van der Waals surface area contributed by atoms with Crippen LogP contribution in [0, 0.1) is 23.5 Å². The van der Waals surface area contributed by atoms with E-state index in [1.165, 1.54) is 24.3 Å². The van der Waals surface area contributed by atoms with Crippen LogP contribution >= 0.6 is 0 Å². The number of carbonyl (C=O) groups is 1. The van der Waals surface area contributed by atoms with Gasteiger partial charge in [-0.2, -0.15) is 0 Å². The molecule has 0 aliphatic carbocycles. The largest absolute Gasteiger partial charge is 0.460 e. The molecule has 5 heteroatoms. The van der Waals surface area contributed by atoms with Gasteiger partial charge < -0.3 is 9.47 Å². The molecule has 0 spiro atoms. The molecule has 0 radical (unpaired) electrons. The lowest BCUT2D eigenvalue weighted by atomic mass is 9.95. The molecule has 0 heterocycles. The molecule has 3 rings (SSSR count). The normalized spacial score (nSPS) is 12.2. The highest BCUT2D eigenvalue weighted by Gasteiger charge is 2.21. The van der Waals surface area contributed by atoms with Crippen LogP contribution in [0.25, 0.3) is 6.08 Å². The van der Waals surface area contributed by atoms with E-state index in [-0.39, 0.29) is 18.3 Å². The Morgan fingerprint density at radius 2 is 1.61 bits per heavy atom. The van der Waals surface area contributed by atoms with Gasteiger partial charge in [0.15, 0.2) is 0 Å². The van der Waals surface area contributed by atoms with Crippen LogP contribution in [0.1, 0.15) is 25.0 Å². The van der Waals surface area contributed by atoms with Crippen molar-refractivity contribution in [2.24, 2.45) is 11.8 Å². The molecule has 0 saturated heterocycles. The Morgan fingerprint density at radius 1 is 0.903 bits per heavy atom. The van der Waals surface area contributed by atoms with E-state index in [4.69, 9.17) is 9.47 Å². The Bertz CT molecular complexity index is 1030. The van der Waals surface area contributed by atoms with Crippen molar-refractivity contribution in [3.8, 4) is 11.5 Å². The van der Waals surface area contributed by atoms with E-state index >= 15 is 0 Å². The summed E-state index contributed by atoms with van der Waals surface area (Å²) in [7, 11) is 0. The van der Waals surface area contributed by atoms with Crippen LogP contribution in [0.2, 0.25) is 0 Å². The second kappa shape index (κ2) is 10.5. The van der Waals surface area contributed by atoms with Crippen molar-refractivity contribution in [2.45, 2.75) is 20.5 Å². The number of ether oxygens (including phenoxy) is 2. The Balaban J connectivity index is 1.65. The molecule has 0 fully saturated rings. The van der Waals surface area contributed by atoms with Crippen molar-refractivity contribution in [3.63, 3.8) is 0 Å². The number of carbonyl (C=O) groups excluding carboxylic acids is 1. The van der Waals surface area contributed by atoms with Crippen LogP contribution in [-0.2, 0) is 16.1 Å². The monoisotopic (exact) mass is 422 g/mol. The van der Waals surface area contributed by atoms with E-state index in [1.54, 1.807) is 42.5 Å². The van der Waals surface area contributed by atoms with Gasteiger partial charge in [0.1, 0.15) is 29.7 Å². The van der Waals surface area contributed by atoms with Gasteiger partial charge in [-0.3, -0.25) is 4.79 Å². The standard InChI is InChI=1S/C26H24F2O3/c1-18(2)25(13-10-19-8-11-21(27)12-9-19)26(29)30-17-20-14-22(28)16-24(15-20)31-23-6-4-3-5-7-23/h3-16,18,25H,17H2,1-2H3. The number of hydrogen-bond donors (Lipinski definition) is 0. The molecule has 0 saturated carbocycles. The van der Waals surface area contributed by atoms with Gasteiger partial charge in [0.2, 0.25) is 0 Å². The molecule has 3 aromatic rings. The highest BCUT2D eigenvalue weighted by Crippen LogP contribution is 2.24. The van der Waals surface area contributed by atoms with E-state index in [9.17, 15) is 13.6 Å². The smallest absolute Gasteiger partial charge is 0.313 e. The van der Waals surface area contributed by atoms with Crippen LogP contribution in [0.3, 0.4) is 0 Å². The number of esters is 1. The number of hydrogen-bond acceptors (Lipinski definition) is 3. The number of halogens is 2. The molecule has 0 bridgehead atoms. The summed E-state index contributed by atoms with van der Waals surface area (Å²) < 4.78 is 38.2. The molecular weight excluding hydrogens is 398 g/mol. The summed E-state index contributed by atoms with van der Waals surface area (Å²) in [5, 5.41) is 0. The lowest BCUT2D eigenvalue weighted by Crippen LogP contribution is -2.20. The molecule has 1 atom stereocenters. The zero-order valence-corrected chi connectivity index (χ0v) is 17.4. The minimum absolute atomic E-state index is 0.00585. The first-order valence-corrected chi connectivity index (χ1v) is 10.0. The average molecular weight is 422 g/mol. The zero-order chi connectivity index (χ0) is 22.2. The molecule has 0 N–H and O–H groups in total. The first kappa shape index (κ1) is 22.2. The highest BCUT2D eigenvalue weighted by molar-refractivity contribution is 5.76. The average Bonchev–Trinajstić information content (AvgIpc) is 2.74. The van der Waals surface area contributed by atoms with Crippen LogP contribution in [0.15, 0.2) is 78.9 Å². The third-order valence-corrected chi connectivity index (χ3v) is 4.65. The molecule has 1 unspecified atom stereocenters. The Morgan fingerprint density at radius 3 is 2.29 bits per heavy atom. The SMILES string of the molecule is CC(C)C(C=Cc1ccc(F)cc1)C(=O)OCc1cc(F)cc(Oc2ccccc2)c1. The third kappa shape index (κ3) is 6.78. The Hall–Kier alpha value is -3.47. The van der Waals surface area contributed by atoms with Crippen molar-refractivity contribution in [3.05, 3.63) is 102 Å². The number of benzene rings is 3. The van der Waals surface area contributed by atoms with Crippen LogP contribution in [0.5, 0.6) is 11.5 Å². The van der Waals surface area contributed by atoms with Gasteiger partial charge in [-0.1, -0.05) is 56.3 Å². The van der Waals surface area contributed by atoms with Gasteiger partial charge >= 0.3 is 5.97 Å². The second-order valence-electron chi connectivity index (χ2n) is 7.50. The minimum atomic E-state index is -0.487. The van der Waals surface area contributed by atoms with Gasteiger partial charge in [0, 0.05) is 6.07 Å². The minimum Gasteiger partial charge on any atom is -0.460 e. The fourth-order valence-corrected chi connectivity index (χ4v) is 3.00. The van der Waals surface area contributed by atoms with Gasteiger partial charge in [-0.15, -0.1) is 0 Å². The summed E-state index contributed by atoms with van der Waals surface area (Å²) in [6, 6.07) is 19.3. The quantitative estimate of drug-likeness (QED) is 0.375. The summed E-state index contributed by atoms with van der Waals surface area (Å²) >= 11 is 0. The van der Waals surface area contributed by atoms with Crippen LogP contribution < -0.4 is 4.74 Å². The van der Waals surface area contributed by atoms with Crippen LogP contribution in [0.4, 0.5) is 8.78 Å². The van der Waals surface area contributed by atoms with Gasteiger partial charge in [0.25, 0.3) is 0 Å². The van der Waals surface area contributed by atoms with E-state index in [1.807, 2.05) is 32.0 Å². The number of rotatable bonds is 8. The first-order chi connectivity index (χ1) is 14.9. The fourth-order valence-electron chi connectivity index (χ4n) is 3.00. The third-order valence-electron chi connectivity index (χ3n) is 4.65. The summed E-state index contributed by atoms with van der Waals surface area (Å²) in [5.74, 6) is -0.787. The van der Waals surface area contributed by atoms with E-state index in [0.717, 1.165) is 5.56 Å². The molecule has 0 aromatic heterocycles. The van der Waals surface area contributed by atoms with Gasteiger partial charge in [-0.25, -0.2) is 8.78 Å².